The normalized spacial score (nSPS) is 11.0. The number of benzene rings is 1. The highest BCUT2D eigenvalue weighted by molar-refractivity contribution is 6.32. The van der Waals surface area contributed by atoms with Crippen molar-refractivity contribution in [3.05, 3.63) is 53.8 Å². The summed E-state index contributed by atoms with van der Waals surface area (Å²) in [5.74, 6) is 2.33. The number of halogens is 1. The summed E-state index contributed by atoms with van der Waals surface area (Å²) in [7, 11) is 0. The van der Waals surface area contributed by atoms with Gasteiger partial charge in [0.2, 0.25) is 11.7 Å². The number of rotatable bonds is 3. The van der Waals surface area contributed by atoms with Crippen LogP contribution >= 0.6 is 11.6 Å². The molecule has 0 radical (unpaired) electrons. The minimum atomic E-state index is 0.279. The van der Waals surface area contributed by atoms with Crippen LogP contribution in [0.5, 0.6) is 11.6 Å². The molecule has 0 atom stereocenters. The van der Waals surface area contributed by atoms with Gasteiger partial charge >= 0.3 is 0 Å². The smallest absolute Gasteiger partial charge is 0.258 e. The third-order valence-electron chi connectivity index (χ3n) is 3.11. The summed E-state index contributed by atoms with van der Waals surface area (Å²) in [6.07, 6.45) is 1.55. The van der Waals surface area contributed by atoms with Gasteiger partial charge in [0.15, 0.2) is 5.76 Å². The van der Waals surface area contributed by atoms with Gasteiger partial charge in [0, 0.05) is 6.07 Å². The Balaban J connectivity index is 1.76. The zero-order valence-electron chi connectivity index (χ0n) is 11.7. The van der Waals surface area contributed by atoms with Gasteiger partial charge in [0.1, 0.15) is 11.6 Å². The number of nitrogen functional groups attached to an aromatic ring is 1. The molecule has 0 bridgehead atoms. The molecule has 3 heterocycles. The van der Waals surface area contributed by atoms with Gasteiger partial charge in [-0.1, -0.05) is 23.7 Å². The van der Waals surface area contributed by atoms with E-state index in [0.717, 1.165) is 0 Å². The van der Waals surface area contributed by atoms with Crippen LogP contribution in [-0.2, 0) is 0 Å². The quantitative estimate of drug-likeness (QED) is 0.620. The zero-order valence-corrected chi connectivity index (χ0v) is 12.4. The fraction of sp³-hybridized carbons (Fsp3) is 0. The van der Waals surface area contributed by atoms with Crippen molar-refractivity contribution in [1.82, 2.24) is 19.6 Å². The Bertz CT molecular complexity index is 981. The lowest BCUT2D eigenvalue weighted by Crippen LogP contribution is -2.01. The van der Waals surface area contributed by atoms with E-state index in [0.29, 0.717) is 34.0 Å². The molecule has 0 unspecified atom stereocenters. The minimum absolute atomic E-state index is 0.279. The van der Waals surface area contributed by atoms with Crippen LogP contribution in [0.1, 0.15) is 0 Å². The average Bonchev–Trinajstić information content (AvgIpc) is 3.18. The van der Waals surface area contributed by atoms with E-state index >= 15 is 0 Å². The van der Waals surface area contributed by atoms with Crippen LogP contribution in [0.3, 0.4) is 0 Å². The third kappa shape index (κ3) is 2.47. The Hall–Kier alpha value is -3.06. The Labute approximate surface area is 135 Å². The van der Waals surface area contributed by atoms with Gasteiger partial charge in [0.25, 0.3) is 5.78 Å². The summed E-state index contributed by atoms with van der Waals surface area (Å²) >= 11 is 6.07. The Morgan fingerprint density at radius 2 is 2.00 bits per heavy atom. The van der Waals surface area contributed by atoms with Crippen molar-refractivity contribution < 1.29 is 9.15 Å². The van der Waals surface area contributed by atoms with E-state index in [9.17, 15) is 0 Å². The number of fused-ring (bicyclic) bond motifs is 1. The van der Waals surface area contributed by atoms with Crippen molar-refractivity contribution in [1.29, 1.82) is 0 Å². The van der Waals surface area contributed by atoms with E-state index in [4.69, 9.17) is 26.5 Å². The average molecular weight is 328 g/mol. The van der Waals surface area contributed by atoms with Gasteiger partial charge in [-0.05, 0) is 24.3 Å². The topological polar surface area (TPSA) is 91.5 Å². The molecule has 0 saturated carbocycles. The molecular weight excluding hydrogens is 318 g/mol. The second-order valence-electron chi connectivity index (χ2n) is 4.68. The maximum Gasteiger partial charge on any atom is 0.258 e. The van der Waals surface area contributed by atoms with Crippen LogP contribution in [0.2, 0.25) is 5.02 Å². The first-order valence-corrected chi connectivity index (χ1v) is 7.08. The zero-order chi connectivity index (χ0) is 15.8. The maximum absolute atomic E-state index is 6.07. The van der Waals surface area contributed by atoms with Crippen molar-refractivity contribution in [2.75, 3.05) is 5.73 Å². The predicted octanol–water partition coefficient (Wildman–Crippen LogP) is 3.41. The number of aromatic nitrogens is 4. The predicted molar refractivity (Wildman–Crippen MR) is 84.4 cm³/mol. The maximum atomic E-state index is 6.07. The monoisotopic (exact) mass is 327 g/mol. The number of hydrogen-bond donors (Lipinski definition) is 1. The van der Waals surface area contributed by atoms with Crippen LogP contribution in [0.25, 0.3) is 17.4 Å². The highest BCUT2D eigenvalue weighted by atomic mass is 35.5. The molecule has 0 saturated heterocycles. The van der Waals surface area contributed by atoms with Gasteiger partial charge in [-0.2, -0.15) is 14.5 Å². The highest BCUT2D eigenvalue weighted by Crippen LogP contribution is 2.29. The fourth-order valence-corrected chi connectivity index (χ4v) is 2.24. The second kappa shape index (κ2) is 5.29. The fourth-order valence-electron chi connectivity index (χ4n) is 2.07. The first-order chi connectivity index (χ1) is 11.2. The lowest BCUT2D eigenvalue weighted by molar-refractivity contribution is 0.463. The Morgan fingerprint density at radius 1 is 1.13 bits per heavy atom. The van der Waals surface area contributed by atoms with Crippen LogP contribution in [0.15, 0.2) is 53.1 Å². The van der Waals surface area contributed by atoms with E-state index < -0.39 is 0 Å². The van der Waals surface area contributed by atoms with Crippen LogP contribution < -0.4 is 10.5 Å². The number of nitrogens with zero attached hydrogens (tertiary/aromatic N) is 4. The Morgan fingerprint density at radius 3 is 2.78 bits per heavy atom. The summed E-state index contributed by atoms with van der Waals surface area (Å²) < 4.78 is 12.4. The molecule has 4 rings (SSSR count). The van der Waals surface area contributed by atoms with Crippen molar-refractivity contribution in [2.24, 2.45) is 0 Å². The number of ether oxygens (including phenoxy) is 1. The van der Waals surface area contributed by atoms with Crippen molar-refractivity contribution in [3.8, 4) is 23.2 Å². The minimum Gasteiger partial charge on any atom is -0.461 e. The molecule has 4 aromatic rings. The van der Waals surface area contributed by atoms with Crippen molar-refractivity contribution in [3.63, 3.8) is 0 Å². The lowest BCUT2D eigenvalue weighted by atomic mass is 10.3. The third-order valence-corrected chi connectivity index (χ3v) is 3.42. The molecule has 0 spiro atoms. The van der Waals surface area contributed by atoms with E-state index in [1.165, 1.54) is 4.52 Å². The molecule has 114 valence electrons. The van der Waals surface area contributed by atoms with Crippen molar-refractivity contribution >= 4 is 23.2 Å². The molecule has 2 N–H and O–H groups in total. The summed E-state index contributed by atoms with van der Waals surface area (Å²) in [6.45, 7) is 0. The number of hydrogen-bond acceptors (Lipinski definition) is 6. The Kier molecular flexibility index (Phi) is 3.13. The van der Waals surface area contributed by atoms with E-state index in [2.05, 4.69) is 15.1 Å². The van der Waals surface area contributed by atoms with E-state index in [1.807, 2.05) is 12.1 Å². The van der Waals surface area contributed by atoms with Gasteiger partial charge in [-0.15, -0.1) is 5.10 Å². The lowest BCUT2D eigenvalue weighted by Gasteiger charge is -2.07. The molecule has 0 fully saturated rings. The molecule has 1 aromatic carbocycles. The van der Waals surface area contributed by atoms with Crippen LogP contribution in [0.4, 0.5) is 5.82 Å². The number of anilines is 1. The molecule has 0 aliphatic heterocycles. The first kappa shape index (κ1) is 13.6. The van der Waals surface area contributed by atoms with E-state index in [1.54, 1.807) is 36.6 Å². The van der Waals surface area contributed by atoms with Crippen LogP contribution in [0, 0.1) is 0 Å². The largest absolute Gasteiger partial charge is 0.461 e. The van der Waals surface area contributed by atoms with E-state index in [-0.39, 0.29) is 5.88 Å². The standard InChI is InChI=1S/C15H10ClN5O2/c16-9-4-1-2-5-10(9)23-13-8-12(17)21-15(18-13)19-14(20-21)11-6-3-7-22-11/h1-8H,17H2. The van der Waals surface area contributed by atoms with Gasteiger partial charge in [-0.3, -0.25) is 0 Å². The second-order valence-corrected chi connectivity index (χ2v) is 5.08. The van der Waals surface area contributed by atoms with Crippen LogP contribution in [-0.4, -0.2) is 19.6 Å². The first-order valence-electron chi connectivity index (χ1n) is 6.70. The molecule has 7 nitrogen and oxygen atoms in total. The highest BCUT2D eigenvalue weighted by Gasteiger charge is 2.14. The molecule has 3 aromatic heterocycles. The molecule has 8 heteroatoms. The summed E-state index contributed by atoms with van der Waals surface area (Å²) in [4.78, 5) is 8.58. The molecular formula is C15H10ClN5O2. The van der Waals surface area contributed by atoms with Gasteiger partial charge in [-0.25, -0.2) is 0 Å². The summed E-state index contributed by atoms with van der Waals surface area (Å²) in [5, 5.41) is 4.74. The summed E-state index contributed by atoms with van der Waals surface area (Å²) in [5.41, 5.74) is 5.99. The number of para-hydroxylation sites is 1. The molecule has 0 amide bonds. The molecule has 0 aliphatic carbocycles. The SMILES string of the molecule is Nc1cc(Oc2ccccc2Cl)nc2nc(-c3ccco3)nn12. The van der Waals surface area contributed by atoms with Gasteiger partial charge in [0.05, 0.1) is 11.3 Å². The summed E-state index contributed by atoms with van der Waals surface area (Å²) in [6, 6.07) is 12.2. The number of furan rings is 1. The van der Waals surface area contributed by atoms with Gasteiger partial charge < -0.3 is 14.9 Å². The van der Waals surface area contributed by atoms with Crippen molar-refractivity contribution in [2.45, 2.75) is 0 Å². The molecule has 23 heavy (non-hydrogen) atoms. The number of nitrogens with two attached hydrogens (primary N) is 1. The molecule has 0 aliphatic rings.